The number of aromatic amines is 1. The molecule has 0 spiro atoms. The molecule has 90 valence electrons. The van der Waals surface area contributed by atoms with Crippen molar-refractivity contribution >= 4 is 17.0 Å². The second-order valence-corrected chi connectivity index (χ2v) is 4.76. The molecule has 0 amide bonds. The van der Waals surface area contributed by atoms with E-state index in [1.807, 2.05) is 0 Å². The zero-order chi connectivity index (χ0) is 11.7. The van der Waals surface area contributed by atoms with Crippen molar-refractivity contribution in [1.29, 1.82) is 0 Å². The molecule has 17 heavy (non-hydrogen) atoms. The molecule has 2 aromatic heterocycles. The van der Waals surface area contributed by atoms with Gasteiger partial charge in [0, 0.05) is 5.54 Å². The number of fused-ring (bicyclic) bond motifs is 1. The van der Waals surface area contributed by atoms with E-state index in [4.69, 9.17) is 0 Å². The lowest BCUT2D eigenvalue weighted by Crippen LogP contribution is -2.45. The monoisotopic (exact) mass is 232 g/mol. The first kappa shape index (κ1) is 10.5. The molecular formula is C11H16N6. The van der Waals surface area contributed by atoms with Crippen molar-refractivity contribution in [3.05, 3.63) is 12.7 Å². The molecule has 6 nitrogen and oxygen atoms in total. The summed E-state index contributed by atoms with van der Waals surface area (Å²) in [6, 6.07) is 0. The highest BCUT2D eigenvalue weighted by molar-refractivity contribution is 5.82. The Hall–Kier alpha value is -1.69. The van der Waals surface area contributed by atoms with Gasteiger partial charge in [-0.25, -0.2) is 15.0 Å². The number of rotatable bonds is 2. The van der Waals surface area contributed by atoms with Crippen LogP contribution < -0.4 is 10.6 Å². The highest BCUT2D eigenvalue weighted by Gasteiger charge is 2.27. The average Bonchev–Trinajstić information content (AvgIpc) is 2.79. The maximum Gasteiger partial charge on any atom is 0.182 e. The molecule has 0 unspecified atom stereocenters. The van der Waals surface area contributed by atoms with E-state index in [1.54, 1.807) is 12.7 Å². The molecule has 6 heteroatoms. The molecule has 0 aliphatic carbocycles. The van der Waals surface area contributed by atoms with Gasteiger partial charge in [-0.1, -0.05) is 0 Å². The fraction of sp³-hybridized carbons (Fsp3) is 0.545. The van der Waals surface area contributed by atoms with Crippen LogP contribution in [0.15, 0.2) is 12.7 Å². The summed E-state index contributed by atoms with van der Waals surface area (Å²) in [7, 11) is 0. The molecule has 1 fully saturated rings. The number of nitrogens with one attached hydrogen (secondary N) is 3. The topological polar surface area (TPSA) is 78.5 Å². The third-order valence-corrected chi connectivity index (χ3v) is 3.35. The minimum atomic E-state index is 0.0949. The van der Waals surface area contributed by atoms with Crippen LogP contribution in [0, 0.1) is 0 Å². The van der Waals surface area contributed by atoms with E-state index in [0.29, 0.717) is 5.65 Å². The molecule has 1 aliphatic rings. The van der Waals surface area contributed by atoms with Gasteiger partial charge in [0.05, 0.1) is 6.33 Å². The summed E-state index contributed by atoms with van der Waals surface area (Å²) >= 11 is 0. The minimum absolute atomic E-state index is 0.0949. The van der Waals surface area contributed by atoms with E-state index in [0.717, 1.165) is 37.3 Å². The molecule has 0 aromatic carbocycles. The van der Waals surface area contributed by atoms with Gasteiger partial charge in [-0.3, -0.25) is 0 Å². The van der Waals surface area contributed by atoms with E-state index in [9.17, 15) is 0 Å². The van der Waals surface area contributed by atoms with Crippen LogP contribution in [-0.4, -0.2) is 38.6 Å². The Morgan fingerprint density at radius 1 is 1.24 bits per heavy atom. The number of aromatic nitrogens is 4. The van der Waals surface area contributed by atoms with Gasteiger partial charge in [0.2, 0.25) is 0 Å². The minimum Gasteiger partial charge on any atom is -0.363 e. The van der Waals surface area contributed by atoms with Crippen LogP contribution in [0.2, 0.25) is 0 Å². The molecule has 0 bridgehead atoms. The zero-order valence-electron chi connectivity index (χ0n) is 9.82. The molecule has 2 aromatic rings. The Bertz CT molecular complexity index is 513. The van der Waals surface area contributed by atoms with Gasteiger partial charge in [0.15, 0.2) is 11.5 Å². The maximum absolute atomic E-state index is 4.30. The van der Waals surface area contributed by atoms with Crippen molar-refractivity contribution in [1.82, 2.24) is 25.3 Å². The molecule has 1 saturated heterocycles. The molecule has 0 atom stereocenters. The number of anilines is 1. The van der Waals surface area contributed by atoms with Gasteiger partial charge < -0.3 is 15.6 Å². The predicted molar refractivity (Wildman–Crippen MR) is 65.8 cm³/mol. The molecule has 0 radical (unpaired) electrons. The molecule has 0 saturated carbocycles. The average molecular weight is 232 g/mol. The largest absolute Gasteiger partial charge is 0.363 e. The quantitative estimate of drug-likeness (QED) is 0.717. The highest BCUT2D eigenvalue weighted by Crippen LogP contribution is 2.25. The van der Waals surface area contributed by atoms with Gasteiger partial charge in [0.1, 0.15) is 11.8 Å². The van der Waals surface area contributed by atoms with Gasteiger partial charge in [-0.05, 0) is 32.9 Å². The van der Waals surface area contributed by atoms with Crippen LogP contribution in [0.25, 0.3) is 11.2 Å². The molecular weight excluding hydrogens is 216 g/mol. The van der Waals surface area contributed by atoms with E-state index < -0.39 is 0 Å². The zero-order valence-corrected chi connectivity index (χ0v) is 9.82. The molecule has 3 N–H and O–H groups in total. The van der Waals surface area contributed by atoms with Crippen LogP contribution in [0.4, 0.5) is 5.82 Å². The van der Waals surface area contributed by atoms with E-state index in [2.05, 4.69) is 37.5 Å². The lowest BCUT2D eigenvalue weighted by molar-refractivity contribution is 0.364. The smallest absolute Gasteiger partial charge is 0.182 e. The summed E-state index contributed by atoms with van der Waals surface area (Å²) in [6.45, 7) is 4.32. The van der Waals surface area contributed by atoms with E-state index >= 15 is 0 Å². The summed E-state index contributed by atoms with van der Waals surface area (Å²) < 4.78 is 0. The SMILES string of the molecule is CC1(Nc2ncnc3nc[nH]c23)CCNCC1. The predicted octanol–water partition coefficient (Wildman–Crippen LogP) is 0.907. The first-order chi connectivity index (χ1) is 8.27. The Morgan fingerprint density at radius 2 is 2.06 bits per heavy atom. The first-order valence-electron chi connectivity index (χ1n) is 5.90. The van der Waals surface area contributed by atoms with Crippen molar-refractivity contribution < 1.29 is 0 Å². The van der Waals surface area contributed by atoms with Gasteiger partial charge in [0.25, 0.3) is 0 Å². The lowest BCUT2D eigenvalue weighted by atomic mass is 9.90. The van der Waals surface area contributed by atoms with Crippen molar-refractivity contribution in [2.24, 2.45) is 0 Å². The summed E-state index contributed by atoms with van der Waals surface area (Å²) in [5.41, 5.74) is 1.68. The summed E-state index contributed by atoms with van der Waals surface area (Å²) in [5, 5.41) is 6.89. The van der Waals surface area contributed by atoms with E-state index in [1.165, 1.54) is 0 Å². The van der Waals surface area contributed by atoms with Crippen molar-refractivity contribution in [2.45, 2.75) is 25.3 Å². The lowest BCUT2D eigenvalue weighted by Gasteiger charge is -2.35. The number of nitrogens with zero attached hydrogens (tertiary/aromatic N) is 3. The Balaban J connectivity index is 1.91. The summed E-state index contributed by atoms with van der Waals surface area (Å²) in [5.74, 6) is 0.844. The van der Waals surface area contributed by atoms with E-state index in [-0.39, 0.29) is 5.54 Å². The van der Waals surface area contributed by atoms with Gasteiger partial charge in [-0.15, -0.1) is 0 Å². The first-order valence-corrected chi connectivity index (χ1v) is 5.90. The second-order valence-electron chi connectivity index (χ2n) is 4.76. The number of H-pyrrole nitrogens is 1. The molecule has 1 aliphatic heterocycles. The van der Waals surface area contributed by atoms with Crippen molar-refractivity contribution in [2.75, 3.05) is 18.4 Å². The Kier molecular flexibility index (Phi) is 2.44. The Labute approximate surface area is 99.3 Å². The normalized spacial score (nSPS) is 19.4. The second kappa shape index (κ2) is 3.96. The van der Waals surface area contributed by atoms with Crippen molar-refractivity contribution in [3.8, 4) is 0 Å². The summed E-state index contributed by atoms with van der Waals surface area (Å²) in [6.07, 6.45) is 5.38. The third kappa shape index (κ3) is 1.95. The molecule has 3 rings (SSSR count). The van der Waals surface area contributed by atoms with Crippen LogP contribution >= 0.6 is 0 Å². The highest BCUT2D eigenvalue weighted by atomic mass is 15.1. The van der Waals surface area contributed by atoms with Crippen LogP contribution in [-0.2, 0) is 0 Å². The fourth-order valence-electron chi connectivity index (χ4n) is 2.25. The summed E-state index contributed by atoms with van der Waals surface area (Å²) in [4.78, 5) is 15.6. The van der Waals surface area contributed by atoms with Crippen LogP contribution in [0.1, 0.15) is 19.8 Å². The Morgan fingerprint density at radius 3 is 2.88 bits per heavy atom. The number of hydrogen-bond acceptors (Lipinski definition) is 5. The number of imidazole rings is 1. The number of hydrogen-bond donors (Lipinski definition) is 3. The maximum atomic E-state index is 4.30. The standard InChI is InChI=1S/C11H16N6/c1-11(2-4-12-5-3-11)17-10-8-9(14-6-13-8)15-7-16-10/h6-7,12H,2-5H2,1H3,(H2,13,14,15,16,17). The number of piperidine rings is 1. The van der Waals surface area contributed by atoms with Gasteiger partial charge in [-0.2, -0.15) is 0 Å². The fourth-order valence-corrected chi connectivity index (χ4v) is 2.25. The van der Waals surface area contributed by atoms with Crippen molar-refractivity contribution in [3.63, 3.8) is 0 Å². The van der Waals surface area contributed by atoms with Crippen LogP contribution in [0.3, 0.4) is 0 Å². The molecule has 3 heterocycles. The third-order valence-electron chi connectivity index (χ3n) is 3.35. The van der Waals surface area contributed by atoms with Gasteiger partial charge >= 0.3 is 0 Å². The van der Waals surface area contributed by atoms with Crippen LogP contribution in [0.5, 0.6) is 0 Å².